The number of hydrogen-bond acceptors (Lipinski definition) is 6. The number of aliphatic hydroxyl groups excluding tert-OH is 4. The van der Waals surface area contributed by atoms with E-state index in [1.807, 2.05) is 52.8 Å². The molecule has 208 valence electrons. The summed E-state index contributed by atoms with van der Waals surface area (Å²) in [7, 11) is 0. The number of carbonyl (C=O) groups excluding carboxylic acids is 1. The van der Waals surface area contributed by atoms with Crippen LogP contribution in [0.1, 0.15) is 53.9 Å². The predicted molar refractivity (Wildman–Crippen MR) is 149 cm³/mol. The molecule has 0 aromatic carbocycles. The number of allylic oxidation sites excluding steroid dienone is 5. The zero-order valence-electron chi connectivity index (χ0n) is 23.1. The Morgan fingerprint density at radius 2 is 1.62 bits per heavy atom. The minimum atomic E-state index is -0.840. The van der Waals surface area contributed by atoms with E-state index in [0.717, 1.165) is 0 Å². The van der Waals surface area contributed by atoms with E-state index in [1.54, 1.807) is 42.5 Å². The molecular weight excluding hydrogens is 468 g/mol. The summed E-state index contributed by atoms with van der Waals surface area (Å²) in [4.78, 5) is 12.6. The molecular formula is C31H48O6. The normalized spacial score (nSPS) is 39.9. The summed E-state index contributed by atoms with van der Waals surface area (Å²) in [5, 5.41) is 42.3. The van der Waals surface area contributed by atoms with Crippen LogP contribution in [0.5, 0.6) is 0 Å². The second kappa shape index (κ2) is 17.3. The Bertz CT molecular complexity index is 826. The molecule has 6 nitrogen and oxygen atoms in total. The van der Waals surface area contributed by atoms with Gasteiger partial charge in [-0.15, -0.1) is 0 Å². The van der Waals surface area contributed by atoms with Crippen molar-refractivity contribution in [3.63, 3.8) is 0 Å². The van der Waals surface area contributed by atoms with Gasteiger partial charge in [-0.3, -0.25) is 0 Å². The Kier molecular flexibility index (Phi) is 15.3. The van der Waals surface area contributed by atoms with E-state index in [9.17, 15) is 25.2 Å². The smallest absolute Gasteiger partial charge is 0.331 e. The molecule has 0 saturated heterocycles. The van der Waals surface area contributed by atoms with Crippen LogP contribution in [0.3, 0.4) is 0 Å². The maximum Gasteiger partial charge on any atom is 0.331 e. The highest BCUT2D eigenvalue weighted by molar-refractivity contribution is 5.82. The molecule has 0 bridgehead atoms. The average Bonchev–Trinajstić information content (AvgIpc) is 2.87. The van der Waals surface area contributed by atoms with Gasteiger partial charge in [-0.25, -0.2) is 4.79 Å². The van der Waals surface area contributed by atoms with Crippen LogP contribution >= 0.6 is 0 Å². The van der Waals surface area contributed by atoms with Gasteiger partial charge in [0.2, 0.25) is 0 Å². The van der Waals surface area contributed by atoms with E-state index in [2.05, 4.69) is 6.58 Å². The van der Waals surface area contributed by atoms with Gasteiger partial charge >= 0.3 is 5.97 Å². The van der Waals surface area contributed by atoms with E-state index in [0.29, 0.717) is 12.8 Å². The second-order valence-electron chi connectivity index (χ2n) is 10.4. The van der Waals surface area contributed by atoms with Gasteiger partial charge in [0.05, 0.1) is 24.4 Å². The van der Waals surface area contributed by atoms with Crippen LogP contribution in [0.4, 0.5) is 0 Å². The lowest BCUT2D eigenvalue weighted by Gasteiger charge is -2.30. The molecule has 1 heterocycles. The summed E-state index contributed by atoms with van der Waals surface area (Å²) in [6.45, 7) is 13.1. The summed E-state index contributed by atoms with van der Waals surface area (Å²) in [5.41, 5.74) is 0. The fourth-order valence-corrected chi connectivity index (χ4v) is 4.34. The molecule has 37 heavy (non-hydrogen) atoms. The van der Waals surface area contributed by atoms with Crippen molar-refractivity contribution in [2.75, 3.05) is 0 Å². The van der Waals surface area contributed by atoms with E-state index >= 15 is 0 Å². The van der Waals surface area contributed by atoms with Crippen LogP contribution in [-0.2, 0) is 9.53 Å². The van der Waals surface area contributed by atoms with Crippen LogP contribution in [0, 0.1) is 29.6 Å². The number of rotatable bonds is 3. The third-order valence-corrected chi connectivity index (χ3v) is 7.08. The molecule has 0 aliphatic carbocycles. The molecule has 1 aliphatic heterocycles. The average molecular weight is 517 g/mol. The third-order valence-electron chi connectivity index (χ3n) is 7.08. The summed E-state index contributed by atoms with van der Waals surface area (Å²) >= 11 is 0. The van der Waals surface area contributed by atoms with Crippen molar-refractivity contribution >= 4 is 5.97 Å². The van der Waals surface area contributed by atoms with Gasteiger partial charge in [-0.05, 0) is 12.8 Å². The fourth-order valence-electron chi connectivity index (χ4n) is 4.34. The van der Waals surface area contributed by atoms with Gasteiger partial charge in [0.1, 0.15) is 6.10 Å². The zero-order valence-corrected chi connectivity index (χ0v) is 23.1. The van der Waals surface area contributed by atoms with E-state index in [4.69, 9.17) is 4.74 Å². The molecule has 1 rings (SSSR count). The monoisotopic (exact) mass is 516 g/mol. The van der Waals surface area contributed by atoms with Gasteiger partial charge in [-0.2, -0.15) is 0 Å². The number of carbonyl (C=O) groups is 1. The molecule has 0 amide bonds. The molecule has 0 spiro atoms. The Hall–Kier alpha value is -2.25. The van der Waals surface area contributed by atoms with Gasteiger partial charge in [-0.1, -0.05) is 102 Å². The Balaban J connectivity index is 3.16. The molecule has 0 saturated carbocycles. The Labute approximate surface area is 223 Å². The fraction of sp³-hybridized carbons (Fsp3) is 0.581. The lowest BCUT2D eigenvalue weighted by molar-refractivity contribution is -0.150. The largest absolute Gasteiger partial charge is 0.458 e. The van der Waals surface area contributed by atoms with Crippen molar-refractivity contribution in [2.45, 2.75) is 84.4 Å². The SMILES string of the molecule is C=C/C=C\[C@H](C)[C@@H]1OC(=O)/C=C\C=C\[C@@H](C)[C@@H](O)C[C@@H](O)/C=C\[C@H](C)[C@H](O)[C@@H](C)/C=C\CC[C@@H](O)[C@@H]1C. The second-order valence-corrected chi connectivity index (χ2v) is 10.4. The molecule has 4 N–H and O–H groups in total. The van der Waals surface area contributed by atoms with Crippen molar-refractivity contribution < 1.29 is 30.0 Å². The Morgan fingerprint density at radius 1 is 0.946 bits per heavy atom. The summed E-state index contributed by atoms with van der Waals surface area (Å²) < 4.78 is 5.76. The highest BCUT2D eigenvalue weighted by Gasteiger charge is 2.30. The third kappa shape index (κ3) is 12.2. The maximum atomic E-state index is 12.6. The van der Waals surface area contributed by atoms with Gasteiger partial charge in [0.25, 0.3) is 0 Å². The van der Waals surface area contributed by atoms with E-state index < -0.39 is 36.5 Å². The van der Waals surface area contributed by atoms with Crippen LogP contribution in [0.25, 0.3) is 0 Å². The predicted octanol–water partition coefficient (Wildman–Crippen LogP) is 4.67. The van der Waals surface area contributed by atoms with Crippen LogP contribution in [0.15, 0.2) is 73.4 Å². The molecule has 1 aliphatic rings. The number of ether oxygens (including phenoxy) is 1. The molecule has 0 unspecified atom stereocenters. The minimum absolute atomic E-state index is 0.121. The first kappa shape index (κ1) is 32.8. The number of hydrogen-bond donors (Lipinski definition) is 4. The number of cyclic esters (lactones) is 1. The number of esters is 1. The van der Waals surface area contributed by atoms with Gasteiger partial charge in [0, 0.05) is 42.1 Å². The molecule has 0 radical (unpaired) electrons. The van der Waals surface area contributed by atoms with Gasteiger partial charge < -0.3 is 25.2 Å². The molecule has 6 heteroatoms. The first-order chi connectivity index (χ1) is 17.5. The number of aliphatic hydroxyl groups is 4. The molecule has 0 aromatic rings. The molecule has 0 aromatic heterocycles. The summed E-state index contributed by atoms with van der Waals surface area (Å²) in [5.74, 6) is -1.51. The van der Waals surface area contributed by atoms with Gasteiger partial charge in [0.15, 0.2) is 0 Å². The van der Waals surface area contributed by atoms with Crippen LogP contribution in [0.2, 0.25) is 0 Å². The highest BCUT2D eigenvalue weighted by atomic mass is 16.5. The zero-order chi connectivity index (χ0) is 28.0. The quantitative estimate of drug-likeness (QED) is 0.247. The van der Waals surface area contributed by atoms with Crippen molar-refractivity contribution in [2.24, 2.45) is 29.6 Å². The Morgan fingerprint density at radius 3 is 2.30 bits per heavy atom. The topological polar surface area (TPSA) is 107 Å². The summed E-state index contributed by atoms with van der Waals surface area (Å²) in [6, 6.07) is 0. The maximum absolute atomic E-state index is 12.6. The lowest BCUT2D eigenvalue weighted by atomic mass is 9.86. The van der Waals surface area contributed by atoms with Crippen molar-refractivity contribution in [3.05, 3.63) is 73.4 Å². The molecule has 10 atom stereocenters. The minimum Gasteiger partial charge on any atom is -0.458 e. The lowest BCUT2D eigenvalue weighted by Crippen LogP contribution is -2.37. The van der Waals surface area contributed by atoms with E-state index in [-0.39, 0.29) is 36.0 Å². The van der Waals surface area contributed by atoms with Crippen LogP contribution < -0.4 is 0 Å². The van der Waals surface area contributed by atoms with Crippen molar-refractivity contribution in [1.82, 2.24) is 0 Å². The van der Waals surface area contributed by atoms with E-state index in [1.165, 1.54) is 6.08 Å². The molecule has 0 fully saturated rings. The van der Waals surface area contributed by atoms with Crippen LogP contribution in [-0.4, -0.2) is 56.9 Å². The van der Waals surface area contributed by atoms with Crippen molar-refractivity contribution in [3.8, 4) is 0 Å². The highest BCUT2D eigenvalue weighted by Crippen LogP contribution is 2.25. The first-order valence-electron chi connectivity index (χ1n) is 13.4. The van der Waals surface area contributed by atoms with Crippen molar-refractivity contribution in [1.29, 1.82) is 0 Å². The first-order valence-corrected chi connectivity index (χ1v) is 13.4. The summed E-state index contributed by atoms with van der Waals surface area (Å²) in [6.07, 6.45) is 16.7. The standard InChI is InChI=1S/C31H48O6/c1-7-8-13-24(5)31-25(6)27(33)16-11-9-15-22(3)30(36)23(4)18-19-26(32)20-28(34)21(2)14-10-12-17-29(35)37-31/h7-10,12-15,17-19,21-28,30-34,36H,1,11,16,20H2,2-6H3/b13-8-,14-10+,15-9-,17-12-,19-18-/t21-,22+,23+,24+,25+,26+,27-,28+,30-,31+/m1/s1.